The van der Waals surface area contributed by atoms with E-state index in [4.69, 9.17) is 0 Å². The molecule has 4 nitrogen and oxygen atoms in total. The molecular formula is C5H12N2O2. The first kappa shape index (κ1) is 10.8. The zero-order valence-electron chi connectivity index (χ0n) is 5.89. The van der Waals surface area contributed by atoms with Crippen LogP contribution >= 0.6 is 0 Å². The summed E-state index contributed by atoms with van der Waals surface area (Å²) in [4.78, 5) is 19.7. The van der Waals surface area contributed by atoms with Gasteiger partial charge in [-0.15, -0.1) is 0 Å². The topological polar surface area (TPSA) is 72.2 Å². The minimum absolute atomic E-state index is 0.764. The molecule has 4 heteroatoms. The van der Waals surface area contributed by atoms with Crippen molar-refractivity contribution in [1.29, 1.82) is 0 Å². The van der Waals surface area contributed by atoms with E-state index in [1.165, 1.54) is 7.05 Å². The molecule has 0 aromatic carbocycles. The molecule has 54 valence electrons. The Morgan fingerprint density at radius 2 is 1.67 bits per heavy atom. The van der Waals surface area contributed by atoms with Crippen molar-refractivity contribution in [2.45, 2.75) is 13.8 Å². The van der Waals surface area contributed by atoms with Crippen LogP contribution in [0.2, 0.25) is 0 Å². The Kier molecular flexibility index (Phi) is 8.36. The molecule has 0 aromatic heterocycles. The molecule has 0 bridgehead atoms. The summed E-state index contributed by atoms with van der Waals surface area (Å²) in [6, 6.07) is 0. The Morgan fingerprint density at radius 3 is 1.67 bits per heavy atom. The highest BCUT2D eigenvalue weighted by molar-refractivity contribution is 6.34. The fourth-order valence-corrected chi connectivity index (χ4v) is 0.123. The minimum atomic E-state index is -0.956. The predicted molar refractivity (Wildman–Crippen MR) is 34.6 cm³/mol. The van der Waals surface area contributed by atoms with Gasteiger partial charge >= 0.3 is 11.8 Å². The number of rotatable bonds is 0. The highest BCUT2D eigenvalue weighted by Gasteiger charge is 2.01. The van der Waals surface area contributed by atoms with Gasteiger partial charge in [-0.2, -0.15) is 0 Å². The average molecular weight is 132 g/mol. The maximum Gasteiger partial charge on any atom is 0.308 e. The van der Waals surface area contributed by atoms with Crippen LogP contribution in [0.1, 0.15) is 13.8 Å². The Hall–Kier alpha value is -1.06. The van der Waals surface area contributed by atoms with Crippen LogP contribution in [0, 0.1) is 0 Å². The van der Waals surface area contributed by atoms with Crippen molar-refractivity contribution < 1.29 is 9.59 Å². The molecule has 0 unspecified atom stereocenters. The van der Waals surface area contributed by atoms with E-state index in [-0.39, 0.29) is 0 Å². The Bertz CT molecular complexity index is 101. The van der Waals surface area contributed by atoms with Gasteiger partial charge in [0.05, 0.1) is 0 Å². The van der Waals surface area contributed by atoms with Crippen LogP contribution in [0.4, 0.5) is 0 Å². The molecule has 0 saturated carbocycles. The summed E-state index contributed by atoms with van der Waals surface area (Å²) in [5.41, 5.74) is 4.50. The van der Waals surface area contributed by atoms with Crippen LogP contribution < -0.4 is 11.1 Å². The zero-order valence-corrected chi connectivity index (χ0v) is 5.89. The Morgan fingerprint density at radius 1 is 1.33 bits per heavy atom. The van der Waals surface area contributed by atoms with Gasteiger partial charge in [-0.1, -0.05) is 13.8 Å². The van der Waals surface area contributed by atoms with Crippen molar-refractivity contribution in [3.05, 3.63) is 0 Å². The fourth-order valence-electron chi connectivity index (χ4n) is 0.123. The normalized spacial score (nSPS) is 6.56. The van der Waals surface area contributed by atoms with Crippen molar-refractivity contribution >= 4 is 11.8 Å². The first-order valence-corrected chi connectivity index (χ1v) is 2.70. The number of nitrogens with one attached hydrogen (secondary N) is 1. The third kappa shape index (κ3) is 6.94. The molecule has 9 heavy (non-hydrogen) atoms. The molecule has 3 N–H and O–H groups in total. The van der Waals surface area contributed by atoms with Gasteiger partial charge in [0.1, 0.15) is 0 Å². The predicted octanol–water partition coefficient (Wildman–Crippen LogP) is -0.756. The molecule has 0 aliphatic carbocycles. The lowest BCUT2D eigenvalue weighted by Crippen LogP contribution is -2.33. The van der Waals surface area contributed by atoms with E-state index in [0.29, 0.717) is 0 Å². The molecule has 0 aliphatic rings. The van der Waals surface area contributed by atoms with Gasteiger partial charge < -0.3 is 11.1 Å². The van der Waals surface area contributed by atoms with Crippen LogP contribution in [0.3, 0.4) is 0 Å². The van der Waals surface area contributed by atoms with Crippen molar-refractivity contribution in [3.8, 4) is 0 Å². The summed E-state index contributed by atoms with van der Waals surface area (Å²) in [6.07, 6.45) is 0. The highest BCUT2D eigenvalue weighted by atomic mass is 16.2. The molecule has 0 heterocycles. The second-order valence-electron chi connectivity index (χ2n) is 0.943. The summed E-state index contributed by atoms with van der Waals surface area (Å²) in [7, 11) is 1.34. The van der Waals surface area contributed by atoms with Crippen molar-refractivity contribution in [2.75, 3.05) is 7.05 Å². The van der Waals surface area contributed by atoms with Crippen molar-refractivity contribution in [3.63, 3.8) is 0 Å². The Labute approximate surface area is 54.4 Å². The van der Waals surface area contributed by atoms with E-state index < -0.39 is 11.8 Å². The molecular weight excluding hydrogens is 120 g/mol. The number of nitrogens with two attached hydrogens (primary N) is 1. The number of carbonyl (C=O) groups is 2. The quantitative estimate of drug-likeness (QED) is 0.425. The van der Waals surface area contributed by atoms with E-state index in [1.54, 1.807) is 0 Å². The number of likely N-dealkylation sites (N-methyl/N-ethyl adjacent to an activating group) is 1. The maximum atomic E-state index is 9.93. The van der Waals surface area contributed by atoms with Crippen molar-refractivity contribution in [2.24, 2.45) is 5.73 Å². The van der Waals surface area contributed by atoms with Crippen LogP contribution in [0.15, 0.2) is 0 Å². The number of carbonyl (C=O) groups excluding carboxylic acids is 2. The SMILES string of the molecule is CC.CNC(=O)C(N)=O. The standard InChI is InChI=1S/C3H6N2O2.C2H6/c1-5-3(7)2(4)6;1-2/h1H3,(H2,4,6)(H,5,7);1-2H3. The maximum absolute atomic E-state index is 9.93. The van der Waals surface area contributed by atoms with E-state index in [2.05, 4.69) is 11.1 Å². The summed E-state index contributed by atoms with van der Waals surface area (Å²) >= 11 is 0. The zero-order chi connectivity index (χ0) is 7.86. The lowest BCUT2D eigenvalue weighted by atomic mass is 10.6. The first-order chi connectivity index (χ1) is 4.18. The van der Waals surface area contributed by atoms with Crippen LogP contribution in [-0.2, 0) is 9.59 Å². The second kappa shape index (κ2) is 6.94. The van der Waals surface area contributed by atoms with Gasteiger partial charge in [-0.3, -0.25) is 9.59 Å². The van der Waals surface area contributed by atoms with Gasteiger partial charge in [-0.25, -0.2) is 0 Å². The number of hydrogen-bond acceptors (Lipinski definition) is 2. The average Bonchev–Trinajstić information content (AvgIpc) is 1.91. The molecule has 0 spiro atoms. The number of primary amides is 1. The van der Waals surface area contributed by atoms with E-state index >= 15 is 0 Å². The summed E-state index contributed by atoms with van der Waals surface area (Å²) in [6.45, 7) is 4.00. The number of amides is 2. The van der Waals surface area contributed by atoms with E-state index in [9.17, 15) is 9.59 Å². The summed E-state index contributed by atoms with van der Waals surface area (Å²) in [5, 5.41) is 2.05. The van der Waals surface area contributed by atoms with Crippen LogP contribution in [-0.4, -0.2) is 18.9 Å². The van der Waals surface area contributed by atoms with Gasteiger partial charge in [0.2, 0.25) is 0 Å². The smallest absolute Gasteiger partial charge is 0.308 e. The third-order valence-electron chi connectivity index (χ3n) is 0.451. The molecule has 0 saturated heterocycles. The molecule has 0 radical (unpaired) electrons. The van der Waals surface area contributed by atoms with Gasteiger partial charge in [0.25, 0.3) is 0 Å². The van der Waals surface area contributed by atoms with Gasteiger partial charge in [0.15, 0.2) is 0 Å². The lowest BCUT2D eigenvalue weighted by Gasteiger charge is -1.86. The molecule has 0 fully saturated rings. The largest absolute Gasteiger partial charge is 0.361 e. The molecule has 0 aromatic rings. The summed E-state index contributed by atoms with van der Waals surface area (Å²) in [5.74, 6) is -1.72. The third-order valence-corrected chi connectivity index (χ3v) is 0.451. The fraction of sp³-hybridized carbons (Fsp3) is 0.600. The van der Waals surface area contributed by atoms with Crippen LogP contribution in [0.5, 0.6) is 0 Å². The van der Waals surface area contributed by atoms with Crippen molar-refractivity contribution in [1.82, 2.24) is 5.32 Å². The molecule has 2 amide bonds. The second-order valence-corrected chi connectivity index (χ2v) is 0.943. The first-order valence-electron chi connectivity index (χ1n) is 2.70. The monoisotopic (exact) mass is 132 g/mol. The minimum Gasteiger partial charge on any atom is -0.361 e. The highest BCUT2D eigenvalue weighted by Crippen LogP contribution is 1.53. The Balaban J connectivity index is 0. The van der Waals surface area contributed by atoms with E-state index in [1.807, 2.05) is 13.8 Å². The van der Waals surface area contributed by atoms with E-state index in [0.717, 1.165) is 0 Å². The summed E-state index contributed by atoms with van der Waals surface area (Å²) < 4.78 is 0. The molecule has 0 atom stereocenters. The lowest BCUT2D eigenvalue weighted by molar-refractivity contribution is -0.136. The van der Waals surface area contributed by atoms with Gasteiger partial charge in [0, 0.05) is 7.05 Å². The van der Waals surface area contributed by atoms with Crippen LogP contribution in [0.25, 0.3) is 0 Å². The molecule has 0 rings (SSSR count). The van der Waals surface area contributed by atoms with Gasteiger partial charge in [-0.05, 0) is 0 Å². The number of hydrogen-bond donors (Lipinski definition) is 2. The molecule has 0 aliphatic heterocycles.